The van der Waals surface area contributed by atoms with Gasteiger partial charge in [0.25, 0.3) is 0 Å². The Balaban J connectivity index is 1.71. The molecule has 2 aliphatic rings. The fraction of sp³-hybridized carbons (Fsp3) is 0.611. The molecule has 2 unspecified atom stereocenters. The number of rotatable bonds is 3. The third kappa shape index (κ3) is 3.67. The molecule has 1 aromatic carbocycles. The quantitative estimate of drug-likeness (QED) is 0.822. The van der Waals surface area contributed by atoms with Crippen LogP contribution in [0.1, 0.15) is 50.5 Å². The average Bonchev–Trinajstić information content (AvgIpc) is 2.51. The molecule has 0 amide bonds. The van der Waals surface area contributed by atoms with Gasteiger partial charge in [-0.1, -0.05) is 36.6 Å². The van der Waals surface area contributed by atoms with Gasteiger partial charge < -0.3 is 0 Å². The predicted octanol–water partition coefficient (Wildman–Crippen LogP) is 4.45. The van der Waals surface area contributed by atoms with Crippen LogP contribution in [0.5, 0.6) is 0 Å². The molecule has 1 saturated carbocycles. The van der Waals surface area contributed by atoms with E-state index in [9.17, 15) is 4.79 Å². The zero-order valence-electron chi connectivity index (χ0n) is 12.6. The number of hydrogen-bond acceptors (Lipinski definition) is 2. The van der Waals surface area contributed by atoms with Crippen molar-refractivity contribution in [1.82, 2.24) is 4.90 Å². The van der Waals surface area contributed by atoms with Crippen molar-refractivity contribution in [2.24, 2.45) is 5.92 Å². The zero-order valence-corrected chi connectivity index (χ0v) is 13.3. The molecule has 1 aliphatic heterocycles. The summed E-state index contributed by atoms with van der Waals surface area (Å²) in [5.41, 5.74) is 1.30. The molecule has 0 bridgehead atoms. The maximum absolute atomic E-state index is 12.3. The standard InChI is InChI=1S/C18H24ClNO/c19-15-10-8-14(9-11-15)13-20-12-4-3-6-17(20)16-5-1-2-7-18(16)21/h8-11,16-17H,1-7,12-13H2. The van der Waals surface area contributed by atoms with E-state index in [0.29, 0.717) is 11.8 Å². The van der Waals surface area contributed by atoms with Gasteiger partial charge in [-0.3, -0.25) is 9.69 Å². The largest absolute Gasteiger partial charge is 0.299 e. The van der Waals surface area contributed by atoms with Crippen molar-refractivity contribution in [3.05, 3.63) is 34.9 Å². The van der Waals surface area contributed by atoms with Crippen molar-refractivity contribution in [2.75, 3.05) is 6.54 Å². The summed E-state index contributed by atoms with van der Waals surface area (Å²) in [7, 11) is 0. The minimum atomic E-state index is 0.284. The Morgan fingerprint density at radius 1 is 1.05 bits per heavy atom. The molecule has 0 radical (unpaired) electrons. The van der Waals surface area contributed by atoms with Gasteiger partial charge in [0.2, 0.25) is 0 Å². The average molecular weight is 306 g/mol. The minimum absolute atomic E-state index is 0.284. The first-order valence-corrected chi connectivity index (χ1v) is 8.63. The van der Waals surface area contributed by atoms with Gasteiger partial charge in [0.1, 0.15) is 5.78 Å². The molecule has 21 heavy (non-hydrogen) atoms. The Bertz CT molecular complexity index is 484. The number of likely N-dealkylation sites (tertiary alicyclic amines) is 1. The molecule has 0 N–H and O–H groups in total. The van der Waals surface area contributed by atoms with E-state index >= 15 is 0 Å². The predicted molar refractivity (Wildman–Crippen MR) is 86.5 cm³/mol. The van der Waals surface area contributed by atoms with Crippen molar-refractivity contribution >= 4 is 17.4 Å². The van der Waals surface area contributed by atoms with Crippen LogP contribution in [0, 0.1) is 5.92 Å². The molecule has 3 rings (SSSR count). The molecule has 1 saturated heterocycles. The second-order valence-electron chi connectivity index (χ2n) is 6.48. The molecule has 3 heteroatoms. The fourth-order valence-electron chi connectivity index (χ4n) is 3.91. The van der Waals surface area contributed by atoms with E-state index in [4.69, 9.17) is 11.6 Å². The number of carbonyl (C=O) groups excluding carboxylic acids is 1. The number of carbonyl (C=O) groups is 1. The summed E-state index contributed by atoms with van der Waals surface area (Å²) in [6.45, 7) is 2.07. The Morgan fingerprint density at radius 2 is 1.81 bits per heavy atom. The number of halogens is 1. The molecule has 114 valence electrons. The summed E-state index contributed by atoms with van der Waals surface area (Å²) in [6, 6.07) is 8.60. The highest BCUT2D eigenvalue weighted by Gasteiger charge is 2.35. The summed E-state index contributed by atoms with van der Waals surface area (Å²) >= 11 is 5.97. The van der Waals surface area contributed by atoms with Crippen molar-refractivity contribution < 1.29 is 4.79 Å². The van der Waals surface area contributed by atoms with Gasteiger partial charge >= 0.3 is 0 Å². The van der Waals surface area contributed by atoms with E-state index in [-0.39, 0.29) is 5.92 Å². The van der Waals surface area contributed by atoms with E-state index in [1.165, 1.54) is 31.2 Å². The molecule has 2 fully saturated rings. The Kier molecular flexibility index (Phi) is 4.97. The second-order valence-corrected chi connectivity index (χ2v) is 6.92. The van der Waals surface area contributed by atoms with E-state index in [2.05, 4.69) is 17.0 Å². The van der Waals surface area contributed by atoms with Crippen LogP contribution >= 0.6 is 11.6 Å². The minimum Gasteiger partial charge on any atom is -0.299 e. The molecule has 2 atom stereocenters. The molecular formula is C18H24ClNO. The lowest BCUT2D eigenvalue weighted by molar-refractivity contribution is -0.127. The molecule has 2 nitrogen and oxygen atoms in total. The fourth-order valence-corrected chi connectivity index (χ4v) is 4.04. The van der Waals surface area contributed by atoms with E-state index in [1.54, 1.807) is 0 Å². The van der Waals surface area contributed by atoms with E-state index in [1.807, 2.05) is 12.1 Å². The van der Waals surface area contributed by atoms with Gasteiger partial charge in [0.15, 0.2) is 0 Å². The number of hydrogen-bond donors (Lipinski definition) is 0. The van der Waals surface area contributed by atoms with Gasteiger partial charge in [-0.25, -0.2) is 0 Å². The van der Waals surface area contributed by atoms with Gasteiger partial charge in [-0.2, -0.15) is 0 Å². The highest BCUT2D eigenvalue weighted by atomic mass is 35.5. The topological polar surface area (TPSA) is 20.3 Å². The SMILES string of the molecule is O=C1CCCCC1C1CCCCN1Cc1ccc(Cl)cc1. The summed E-state index contributed by atoms with van der Waals surface area (Å²) < 4.78 is 0. The Morgan fingerprint density at radius 3 is 2.57 bits per heavy atom. The van der Waals surface area contributed by atoms with Crippen molar-refractivity contribution in [2.45, 2.75) is 57.5 Å². The lowest BCUT2D eigenvalue weighted by atomic mass is 9.79. The zero-order chi connectivity index (χ0) is 14.7. The number of Topliss-reactive ketones (excluding diaryl/α,β-unsaturated/α-hetero) is 1. The third-order valence-electron chi connectivity index (χ3n) is 5.03. The lowest BCUT2D eigenvalue weighted by Crippen LogP contribution is -2.46. The summed E-state index contributed by atoms with van der Waals surface area (Å²) in [5.74, 6) is 0.792. The Hall–Kier alpha value is -0.860. The van der Waals surface area contributed by atoms with Gasteiger partial charge in [0, 0.05) is 29.9 Å². The van der Waals surface area contributed by atoms with Crippen LogP contribution in [0.4, 0.5) is 0 Å². The van der Waals surface area contributed by atoms with Crippen molar-refractivity contribution in [3.8, 4) is 0 Å². The first-order valence-electron chi connectivity index (χ1n) is 8.25. The summed E-state index contributed by atoms with van der Waals surface area (Å²) in [4.78, 5) is 14.8. The molecule has 0 aromatic heterocycles. The highest BCUT2D eigenvalue weighted by molar-refractivity contribution is 6.30. The Labute approximate surface area is 132 Å². The number of ketones is 1. The maximum atomic E-state index is 12.3. The monoisotopic (exact) mass is 305 g/mol. The van der Waals surface area contributed by atoms with Crippen LogP contribution < -0.4 is 0 Å². The number of piperidine rings is 1. The molecular weight excluding hydrogens is 282 g/mol. The van der Waals surface area contributed by atoms with Crippen molar-refractivity contribution in [1.29, 1.82) is 0 Å². The van der Waals surface area contributed by atoms with E-state index in [0.717, 1.165) is 37.4 Å². The maximum Gasteiger partial charge on any atom is 0.137 e. The van der Waals surface area contributed by atoms with E-state index < -0.39 is 0 Å². The lowest BCUT2D eigenvalue weighted by Gasteiger charge is -2.41. The highest BCUT2D eigenvalue weighted by Crippen LogP contribution is 2.32. The van der Waals surface area contributed by atoms with Crippen LogP contribution in [0.15, 0.2) is 24.3 Å². The smallest absolute Gasteiger partial charge is 0.137 e. The molecule has 1 aliphatic carbocycles. The second kappa shape index (κ2) is 6.93. The van der Waals surface area contributed by atoms with Crippen LogP contribution in [0.2, 0.25) is 5.02 Å². The summed E-state index contributed by atoms with van der Waals surface area (Å²) in [5, 5.41) is 0.788. The normalized spacial score (nSPS) is 27.8. The molecule has 1 aromatic rings. The van der Waals surface area contributed by atoms with Crippen LogP contribution in [-0.2, 0) is 11.3 Å². The first kappa shape index (κ1) is 15.1. The third-order valence-corrected chi connectivity index (χ3v) is 5.28. The number of benzene rings is 1. The van der Waals surface area contributed by atoms with Crippen LogP contribution in [-0.4, -0.2) is 23.3 Å². The molecule has 1 heterocycles. The van der Waals surface area contributed by atoms with Crippen molar-refractivity contribution in [3.63, 3.8) is 0 Å². The van der Waals surface area contributed by atoms with Crippen LogP contribution in [0.3, 0.4) is 0 Å². The summed E-state index contributed by atoms with van der Waals surface area (Å²) in [6.07, 6.45) is 7.93. The first-order chi connectivity index (χ1) is 10.2. The van der Waals surface area contributed by atoms with Crippen LogP contribution in [0.25, 0.3) is 0 Å². The van der Waals surface area contributed by atoms with Gasteiger partial charge in [0.05, 0.1) is 0 Å². The van der Waals surface area contributed by atoms with Gasteiger partial charge in [-0.15, -0.1) is 0 Å². The van der Waals surface area contributed by atoms with Gasteiger partial charge in [-0.05, 0) is 49.9 Å². The number of nitrogens with zero attached hydrogens (tertiary/aromatic N) is 1. The molecule has 0 spiro atoms.